The Kier molecular flexibility index (Phi) is 3.79. The van der Waals surface area contributed by atoms with Crippen LogP contribution in [0.3, 0.4) is 0 Å². The number of carboxylic acids is 1. The van der Waals surface area contributed by atoms with E-state index in [2.05, 4.69) is 10.4 Å². The summed E-state index contributed by atoms with van der Waals surface area (Å²) in [6.45, 7) is 0.846. The van der Waals surface area contributed by atoms with Crippen molar-refractivity contribution in [2.45, 2.75) is 18.9 Å². The molecule has 0 spiro atoms. The molecule has 2 aromatic rings. The van der Waals surface area contributed by atoms with Crippen LogP contribution in [0.1, 0.15) is 17.9 Å². The second-order valence-corrected chi connectivity index (χ2v) is 6.13. The van der Waals surface area contributed by atoms with Gasteiger partial charge in [-0.15, -0.1) is 0 Å². The summed E-state index contributed by atoms with van der Waals surface area (Å²) >= 11 is 0. The van der Waals surface area contributed by atoms with E-state index < -0.39 is 5.97 Å². The highest BCUT2D eigenvalue weighted by molar-refractivity contribution is 5.94. The molecular weight excluding hydrogens is 326 g/mol. The minimum absolute atomic E-state index is 0.111. The summed E-state index contributed by atoms with van der Waals surface area (Å²) < 4.78 is 12.4. The molecule has 8 heteroatoms. The van der Waals surface area contributed by atoms with E-state index in [9.17, 15) is 9.59 Å². The van der Waals surface area contributed by atoms with Crippen LogP contribution in [0.2, 0.25) is 0 Å². The van der Waals surface area contributed by atoms with Gasteiger partial charge in [0.2, 0.25) is 5.91 Å². The molecule has 2 unspecified atom stereocenters. The fourth-order valence-electron chi connectivity index (χ4n) is 3.02. The average molecular weight is 343 g/mol. The van der Waals surface area contributed by atoms with Gasteiger partial charge in [-0.1, -0.05) is 6.07 Å². The second-order valence-electron chi connectivity index (χ2n) is 6.13. The third kappa shape index (κ3) is 3.28. The minimum Gasteiger partial charge on any atom is -0.486 e. The Morgan fingerprint density at radius 1 is 1.24 bits per heavy atom. The summed E-state index contributed by atoms with van der Waals surface area (Å²) in [7, 11) is 0. The number of carbonyl (C=O) groups is 2. The van der Waals surface area contributed by atoms with Gasteiger partial charge in [0.05, 0.1) is 0 Å². The fraction of sp³-hybridized carbons (Fsp3) is 0.353. The first-order valence-corrected chi connectivity index (χ1v) is 8.06. The molecule has 25 heavy (non-hydrogen) atoms. The zero-order chi connectivity index (χ0) is 17.4. The van der Waals surface area contributed by atoms with E-state index in [-0.39, 0.29) is 24.3 Å². The number of carboxylic acid groups (broad SMARTS) is 1. The average Bonchev–Trinajstić information content (AvgIpc) is 3.29. The van der Waals surface area contributed by atoms with E-state index in [4.69, 9.17) is 14.6 Å². The maximum Gasteiger partial charge on any atom is 0.325 e. The van der Waals surface area contributed by atoms with Crippen molar-refractivity contribution in [2.75, 3.05) is 18.5 Å². The molecule has 1 amide bonds. The van der Waals surface area contributed by atoms with Gasteiger partial charge in [-0.3, -0.25) is 14.3 Å². The van der Waals surface area contributed by atoms with Crippen LogP contribution in [-0.4, -0.2) is 40.0 Å². The van der Waals surface area contributed by atoms with Crippen LogP contribution in [0.4, 0.5) is 5.82 Å². The number of carbonyl (C=O) groups excluding carboxylic acids is 1. The Labute approximate surface area is 143 Å². The first kappa shape index (κ1) is 15.5. The highest BCUT2D eigenvalue weighted by Crippen LogP contribution is 2.49. The zero-order valence-electron chi connectivity index (χ0n) is 13.3. The Hall–Kier alpha value is -3.03. The summed E-state index contributed by atoms with van der Waals surface area (Å²) in [6.07, 6.45) is 2.29. The predicted octanol–water partition coefficient (Wildman–Crippen LogP) is 1.48. The molecule has 1 fully saturated rings. The van der Waals surface area contributed by atoms with E-state index in [0.717, 1.165) is 23.5 Å². The molecule has 0 bridgehead atoms. The third-order valence-electron chi connectivity index (χ3n) is 4.31. The molecule has 4 rings (SSSR count). The highest BCUT2D eigenvalue weighted by atomic mass is 16.6. The molecular formula is C17H17N3O5. The van der Waals surface area contributed by atoms with Crippen molar-refractivity contribution in [3.05, 3.63) is 36.0 Å². The Balaban J connectivity index is 1.38. The smallest absolute Gasteiger partial charge is 0.325 e. The van der Waals surface area contributed by atoms with Crippen molar-refractivity contribution in [2.24, 2.45) is 5.92 Å². The summed E-state index contributed by atoms with van der Waals surface area (Å²) in [5.74, 6) is 0.758. The number of nitrogens with zero attached hydrogens (tertiary/aromatic N) is 2. The van der Waals surface area contributed by atoms with Gasteiger partial charge in [0.1, 0.15) is 19.8 Å². The van der Waals surface area contributed by atoms with Crippen molar-refractivity contribution < 1.29 is 24.2 Å². The number of hydrogen-bond donors (Lipinski definition) is 2. The molecule has 1 aromatic heterocycles. The lowest BCUT2D eigenvalue weighted by Crippen LogP contribution is -2.16. The molecule has 1 aliphatic carbocycles. The number of ether oxygens (including phenoxy) is 2. The Bertz CT molecular complexity index is 831. The quantitative estimate of drug-likeness (QED) is 0.852. The van der Waals surface area contributed by atoms with Crippen LogP contribution < -0.4 is 14.8 Å². The summed E-state index contributed by atoms with van der Waals surface area (Å²) in [5, 5.41) is 15.5. The fourth-order valence-corrected chi connectivity index (χ4v) is 3.02. The van der Waals surface area contributed by atoms with E-state index in [1.165, 1.54) is 10.9 Å². The van der Waals surface area contributed by atoms with Crippen molar-refractivity contribution in [1.82, 2.24) is 9.78 Å². The summed E-state index contributed by atoms with van der Waals surface area (Å²) in [5.41, 5.74) is 1.06. The number of benzene rings is 1. The number of rotatable bonds is 5. The minimum atomic E-state index is -0.984. The number of aliphatic carboxylic acids is 1. The topological polar surface area (TPSA) is 103 Å². The first-order valence-electron chi connectivity index (χ1n) is 8.06. The van der Waals surface area contributed by atoms with Gasteiger partial charge >= 0.3 is 5.97 Å². The van der Waals surface area contributed by atoms with E-state index in [1.54, 1.807) is 6.07 Å². The Morgan fingerprint density at radius 2 is 2.04 bits per heavy atom. The SMILES string of the molecule is O=C(O)Cn1ccc(NC(=O)C2CC2c2ccc3c(c2)OCCO3)n1. The molecule has 0 saturated heterocycles. The maximum absolute atomic E-state index is 12.3. The number of amides is 1. The highest BCUT2D eigenvalue weighted by Gasteiger charge is 2.44. The first-order chi connectivity index (χ1) is 12.1. The van der Waals surface area contributed by atoms with Crippen LogP contribution in [0.15, 0.2) is 30.5 Å². The van der Waals surface area contributed by atoms with Gasteiger partial charge in [-0.25, -0.2) is 0 Å². The van der Waals surface area contributed by atoms with E-state index in [1.807, 2.05) is 18.2 Å². The Morgan fingerprint density at radius 3 is 2.84 bits per heavy atom. The lowest BCUT2D eigenvalue weighted by molar-refractivity contribution is -0.137. The number of aromatic nitrogens is 2. The van der Waals surface area contributed by atoms with Gasteiger partial charge < -0.3 is 19.9 Å². The third-order valence-corrected chi connectivity index (χ3v) is 4.31. The summed E-state index contributed by atoms with van der Waals surface area (Å²) in [4.78, 5) is 23.0. The van der Waals surface area contributed by atoms with Crippen molar-refractivity contribution in [3.8, 4) is 11.5 Å². The van der Waals surface area contributed by atoms with Crippen molar-refractivity contribution in [1.29, 1.82) is 0 Å². The van der Waals surface area contributed by atoms with Crippen LogP contribution in [-0.2, 0) is 16.1 Å². The largest absolute Gasteiger partial charge is 0.486 e. The summed E-state index contributed by atoms with van der Waals surface area (Å²) in [6, 6.07) is 7.37. The van der Waals surface area contributed by atoms with Crippen molar-refractivity contribution >= 4 is 17.7 Å². The van der Waals surface area contributed by atoms with Crippen LogP contribution in [0.25, 0.3) is 0 Å². The molecule has 2 N–H and O–H groups in total. The van der Waals surface area contributed by atoms with Gasteiger partial charge in [0, 0.05) is 18.2 Å². The maximum atomic E-state index is 12.3. The van der Waals surface area contributed by atoms with Gasteiger partial charge in [0.15, 0.2) is 17.3 Å². The molecule has 0 radical (unpaired) electrons. The van der Waals surface area contributed by atoms with E-state index in [0.29, 0.717) is 19.0 Å². The van der Waals surface area contributed by atoms with Crippen LogP contribution in [0, 0.1) is 5.92 Å². The molecule has 2 atom stereocenters. The van der Waals surface area contributed by atoms with Gasteiger partial charge in [-0.2, -0.15) is 5.10 Å². The number of anilines is 1. The van der Waals surface area contributed by atoms with Crippen LogP contribution in [0.5, 0.6) is 11.5 Å². The molecule has 1 aromatic carbocycles. The van der Waals surface area contributed by atoms with Gasteiger partial charge in [0.25, 0.3) is 0 Å². The number of hydrogen-bond acceptors (Lipinski definition) is 5. The monoisotopic (exact) mass is 343 g/mol. The molecule has 8 nitrogen and oxygen atoms in total. The second kappa shape index (κ2) is 6.12. The van der Waals surface area contributed by atoms with Crippen molar-refractivity contribution in [3.63, 3.8) is 0 Å². The number of fused-ring (bicyclic) bond motifs is 1. The zero-order valence-corrected chi connectivity index (χ0v) is 13.3. The standard InChI is InChI=1S/C17H17N3O5/c21-16(22)9-20-4-3-15(19-20)18-17(23)12-8-11(12)10-1-2-13-14(7-10)25-6-5-24-13/h1-4,7,11-12H,5-6,8-9H2,(H,21,22)(H,18,19,23). The lowest BCUT2D eigenvalue weighted by atomic mass is 10.1. The molecule has 2 aliphatic rings. The van der Waals surface area contributed by atoms with Gasteiger partial charge in [-0.05, 0) is 30.0 Å². The molecule has 1 aliphatic heterocycles. The number of nitrogens with one attached hydrogen (secondary N) is 1. The van der Waals surface area contributed by atoms with E-state index >= 15 is 0 Å². The lowest BCUT2D eigenvalue weighted by Gasteiger charge is -2.18. The molecule has 130 valence electrons. The molecule has 2 heterocycles. The predicted molar refractivity (Wildman–Crippen MR) is 86.8 cm³/mol. The normalized spacial score (nSPS) is 20.8. The van der Waals surface area contributed by atoms with Crippen LogP contribution >= 0.6 is 0 Å². The molecule has 1 saturated carbocycles.